The van der Waals surface area contributed by atoms with E-state index in [1.54, 1.807) is 0 Å². The van der Waals surface area contributed by atoms with Crippen LogP contribution in [0.1, 0.15) is 11.5 Å². The molecule has 1 aromatic carbocycles. The largest absolute Gasteiger partial charge is 0.331 e. The summed E-state index contributed by atoms with van der Waals surface area (Å²) in [5.74, 6) is 1.12. The van der Waals surface area contributed by atoms with Gasteiger partial charge in [0.2, 0.25) is 0 Å². The van der Waals surface area contributed by atoms with Crippen LogP contribution in [0.5, 0.6) is 0 Å². The SMILES string of the molecule is CNCCc1nc(C)c(-c2ccc(Br)cc2)n1C. The Labute approximate surface area is 116 Å². The standard InChI is InChI=1S/C14H18BrN3/c1-10-14(11-4-6-12(15)7-5-11)18(3)13(17-10)8-9-16-2/h4-7,16H,8-9H2,1-3H3. The van der Waals surface area contributed by atoms with E-state index in [2.05, 4.69) is 69.0 Å². The zero-order valence-electron chi connectivity index (χ0n) is 11.0. The molecule has 0 atom stereocenters. The van der Waals surface area contributed by atoms with Crippen molar-refractivity contribution in [2.45, 2.75) is 13.3 Å². The number of nitrogens with one attached hydrogen (secondary N) is 1. The highest BCUT2D eigenvalue weighted by molar-refractivity contribution is 9.10. The maximum atomic E-state index is 4.66. The lowest BCUT2D eigenvalue weighted by Gasteiger charge is -2.07. The van der Waals surface area contributed by atoms with Crippen LogP contribution in [-0.4, -0.2) is 23.1 Å². The molecule has 18 heavy (non-hydrogen) atoms. The summed E-state index contributed by atoms with van der Waals surface area (Å²) in [6, 6.07) is 8.37. The number of hydrogen-bond donors (Lipinski definition) is 1. The van der Waals surface area contributed by atoms with Gasteiger partial charge in [-0.1, -0.05) is 28.1 Å². The van der Waals surface area contributed by atoms with Crippen LogP contribution in [-0.2, 0) is 13.5 Å². The van der Waals surface area contributed by atoms with Crippen molar-refractivity contribution in [1.82, 2.24) is 14.9 Å². The van der Waals surface area contributed by atoms with Crippen molar-refractivity contribution in [2.75, 3.05) is 13.6 Å². The second kappa shape index (κ2) is 5.67. The summed E-state index contributed by atoms with van der Waals surface area (Å²) in [5, 5.41) is 3.16. The number of benzene rings is 1. The summed E-state index contributed by atoms with van der Waals surface area (Å²) in [5.41, 5.74) is 3.50. The van der Waals surface area contributed by atoms with Crippen molar-refractivity contribution in [2.24, 2.45) is 7.05 Å². The first-order valence-corrected chi connectivity index (χ1v) is 6.85. The second-order valence-corrected chi connectivity index (χ2v) is 5.30. The molecule has 0 saturated carbocycles. The number of halogens is 1. The molecule has 2 aromatic rings. The van der Waals surface area contributed by atoms with Gasteiger partial charge in [0.05, 0.1) is 11.4 Å². The lowest BCUT2D eigenvalue weighted by Crippen LogP contribution is -2.13. The van der Waals surface area contributed by atoms with Crippen molar-refractivity contribution in [3.05, 3.63) is 40.3 Å². The molecule has 2 rings (SSSR count). The monoisotopic (exact) mass is 307 g/mol. The molecule has 3 nitrogen and oxygen atoms in total. The number of aromatic nitrogens is 2. The molecule has 1 aromatic heterocycles. The molecular formula is C14H18BrN3. The highest BCUT2D eigenvalue weighted by Gasteiger charge is 2.12. The van der Waals surface area contributed by atoms with Crippen LogP contribution in [0, 0.1) is 6.92 Å². The Morgan fingerprint density at radius 2 is 1.94 bits per heavy atom. The third kappa shape index (κ3) is 2.65. The molecule has 0 spiro atoms. The third-order valence-corrected chi connectivity index (χ3v) is 3.61. The summed E-state index contributed by atoms with van der Waals surface area (Å²) in [6.45, 7) is 3.02. The first kappa shape index (κ1) is 13.3. The molecule has 0 amide bonds. The minimum absolute atomic E-state index is 0.948. The fourth-order valence-electron chi connectivity index (χ4n) is 2.16. The van der Waals surface area contributed by atoms with E-state index in [-0.39, 0.29) is 0 Å². The van der Waals surface area contributed by atoms with Gasteiger partial charge in [-0.15, -0.1) is 0 Å². The second-order valence-electron chi connectivity index (χ2n) is 4.38. The van der Waals surface area contributed by atoms with Crippen molar-refractivity contribution < 1.29 is 0 Å². The minimum atomic E-state index is 0.948. The Hall–Kier alpha value is -1.13. The molecule has 0 aliphatic rings. The lowest BCUT2D eigenvalue weighted by atomic mass is 10.1. The molecule has 0 saturated heterocycles. The molecule has 1 N–H and O–H groups in total. The highest BCUT2D eigenvalue weighted by Crippen LogP contribution is 2.25. The van der Waals surface area contributed by atoms with Crippen molar-refractivity contribution in [1.29, 1.82) is 0 Å². The number of nitrogens with zero attached hydrogens (tertiary/aromatic N) is 2. The molecule has 96 valence electrons. The van der Waals surface area contributed by atoms with Gasteiger partial charge < -0.3 is 9.88 Å². The minimum Gasteiger partial charge on any atom is -0.331 e. The molecule has 0 radical (unpaired) electrons. The van der Waals surface area contributed by atoms with E-state index in [0.717, 1.165) is 29.0 Å². The van der Waals surface area contributed by atoms with Crippen LogP contribution in [0.15, 0.2) is 28.7 Å². The normalized spacial score (nSPS) is 10.9. The Balaban J connectivity index is 2.38. The van der Waals surface area contributed by atoms with Gasteiger partial charge in [-0.05, 0) is 26.1 Å². The molecule has 0 fully saturated rings. The van der Waals surface area contributed by atoms with E-state index in [4.69, 9.17) is 0 Å². The Morgan fingerprint density at radius 3 is 2.56 bits per heavy atom. The highest BCUT2D eigenvalue weighted by atomic mass is 79.9. The zero-order valence-corrected chi connectivity index (χ0v) is 12.6. The topological polar surface area (TPSA) is 29.9 Å². The maximum absolute atomic E-state index is 4.66. The van der Waals surface area contributed by atoms with Gasteiger partial charge >= 0.3 is 0 Å². The van der Waals surface area contributed by atoms with E-state index in [1.807, 2.05) is 7.05 Å². The smallest absolute Gasteiger partial charge is 0.110 e. The van der Waals surface area contributed by atoms with Gasteiger partial charge in [0.25, 0.3) is 0 Å². The quantitative estimate of drug-likeness (QED) is 0.941. The fourth-order valence-corrected chi connectivity index (χ4v) is 2.43. The summed E-state index contributed by atoms with van der Waals surface area (Å²) in [4.78, 5) is 4.66. The molecule has 1 heterocycles. The molecule has 0 aliphatic heterocycles. The van der Waals surface area contributed by atoms with Crippen LogP contribution in [0.4, 0.5) is 0 Å². The summed E-state index contributed by atoms with van der Waals surface area (Å²) < 4.78 is 3.29. The van der Waals surface area contributed by atoms with E-state index in [9.17, 15) is 0 Å². The first-order chi connectivity index (χ1) is 8.63. The lowest BCUT2D eigenvalue weighted by molar-refractivity contribution is 0.720. The molecule has 4 heteroatoms. The summed E-state index contributed by atoms with van der Waals surface area (Å²) in [6.07, 6.45) is 0.949. The van der Waals surface area contributed by atoms with Gasteiger partial charge in [-0.3, -0.25) is 0 Å². The zero-order chi connectivity index (χ0) is 13.1. The van der Waals surface area contributed by atoms with Crippen LogP contribution in [0.25, 0.3) is 11.3 Å². The van der Waals surface area contributed by atoms with E-state index in [1.165, 1.54) is 11.3 Å². The van der Waals surface area contributed by atoms with Crippen LogP contribution in [0.3, 0.4) is 0 Å². The van der Waals surface area contributed by atoms with Gasteiger partial charge in [0, 0.05) is 30.0 Å². The molecule has 0 bridgehead atoms. The number of hydrogen-bond acceptors (Lipinski definition) is 2. The molecule has 0 aliphatic carbocycles. The summed E-state index contributed by atoms with van der Waals surface area (Å²) >= 11 is 3.46. The Kier molecular flexibility index (Phi) is 4.19. The van der Waals surface area contributed by atoms with Gasteiger partial charge in [0.1, 0.15) is 5.82 Å². The number of imidazole rings is 1. The molecular weight excluding hydrogens is 290 g/mol. The number of aryl methyl sites for hydroxylation is 1. The van der Waals surface area contributed by atoms with Crippen LogP contribution >= 0.6 is 15.9 Å². The predicted octanol–water partition coefficient (Wildman–Crippen LogP) is 2.92. The number of likely N-dealkylation sites (N-methyl/N-ethyl adjacent to an activating group) is 1. The van der Waals surface area contributed by atoms with Crippen LogP contribution < -0.4 is 5.32 Å². The first-order valence-electron chi connectivity index (χ1n) is 6.06. The van der Waals surface area contributed by atoms with E-state index >= 15 is 0 Å². The molecule has 0 unspecified atom stereocenters. The van der Waals surface area contributed by atoms with Crippen molar-refractivity contribution in [3.8, 4) is 11.3 Å². The van der Waals surface area contributed by atoms with Crippen LogP contribution in [0.2, 0.25) is 0 Å². The Bertz CT molecular complexity index is 529. The fraction of sp³-hybridized carbons (Fsp3) is 0.357. The predicted molar refractivity (Wildman–Crippen MR) is 78.7 cm³/mol. The van der Waals surface area contributed by atoms with E-state index in [0.29, 0.717) is 0 Å². The van der Waals surface area contributed by atoms with E-state index < -0.39 is 0 Å². The van der Waals surface area contributed by atoms with Crippen molar-refractivity contribution in [3.63, 3.8) is 0 Å². The van der Waals surface area contributed by atoms with Gasteiger partial charge in [0.15, 0.2) is 0 Å². The van der Waals surface area contributed by atoms with Crippen molar-refractivity contribution >= 4 is 15.9 Å². The average molecular weight is 308 g/mol. The number of rotatable bonds is 4. The third-order valence-electron chi connectivity index (χ3n) is 3.08. The maximum Gasteiger partial charge on any atom is 0.110 e. The van der Waals surface area contributed by atoms with Gasteiger partial charge in [-0.2, -0.15) is 0 Å². The Morgan fingerprint density at radius 1 is 1.28 bits per heavy atom. The van der Waals surface area contributed by atoms with Gasteiger partial charge in [-0.25, -0.2) is 4.98 Å². The average Bonchev–Trinajstić information content (AvgIpc) is 2.63. The summed E-state index contributed by atoms with van der Waals surface area (Å²) in [7, 11) is 4.05.